The van der Waals surface area contributed by atoms with Crippen LogP contribution in [0.3, 0.4) is 0 Å². The molecule has 166 valence electrons. The van der Waals surface area contributed by atoms with Crippen LogP contribution in [0, 0.1) is 13.8 Å². The Labute approximate surface area is 198 Å². The summed E-state index contributed by atoms with van der Waals surface area (Å²) in [4.78, 5) is 34.4. The summed E-state index contributed by atoms with van der Waals surface area (Å²) < 4.78 is 11.7. The molecule has 0 bridgehead atoms. The predicted molar refractivity (Wildman–Crippen MR) is 130 cm³/mol. The maximum Gasteiger partial charge on any atom is 0.297 e. The number of hydrogen-bond acceptors (Lipinski definition) is 6. The summed E-state index contributed by atoms with van der Waals surface area (Å²) in [6, 6.07) is 11.4. The van der Waals surface area contributed by atoms with Gasteiger partial charge in [0.2, 0.25) is 5.76 Å². The molecule has 0 saturated carbocycles. The van der Waals surface area contributed by atoms with E-state index in [2.05, 4.69) is 11.6 Å². The van der Waals surface area contributed by atoms with Gasteiger partial charge in [0.05, 0.1) is 22.7 Å². The highest BCUT2D eigenvalue weighted by atomic mass is 35.5. The second-order valence-corrected chi connectivity index (χ2v) is 9.32. The first-order chi connectivity index (χ1) is 15.9. The first-order valence-electron chi connectivity index (χ1n) is 10.3. The highest BCUT2D eigenvalue weighted by Gasteiger charge is 2.45. The topological polar surface area (TPSA) is 72.6 Å². The molecular weight excluding hydrogens is 460 g/mol. The van der Waals surface area contributed by atoms with Gasteiger partial charge in [0.1, 0.15) is 17.9 Å². The van der Waals surface area contributed by atoms with Gasteiger partial charge in [-0.15, -0.1) is 11.3 Å². The Hall–Kier alpha value is -3.42. The Morgan fingerprint density at radius 1 is 1.24 bits per heavy atom. The first kappa shape index (κ1) is 21.4. The van der Waals surface area contributed by atoms with Gasteiger partial charge >= 0.3 is 0 Å². The summed E-state index contributed by atoms with van der Waals surface area (Å²) in [5.41, 5.74) is 1.82. The number of fused-ring (bicyclic) bond motifs is 2. The average molecular weight is 479 g/mol. The smallest absolute Gasteiger partial charge is 0.297 e. The molecule has 0 spiro atoms. The summed E-state index contributed by atoms with van der Waals surface area (Å²) >= 11 is 7.55. The molecule has 1 amide bonds. The maximum atomic E-state index is 13.6. The minimum Gasteiger partial charge on any atom is -0.490 e. The Kier molecular flexibility index (Phi) is 5.31. The van der Waals surface area contributed by atoms with Gasteiger partial charge in [-0.05, 0) is 49.7 Å². The number of halogens is 1. The van der Waals surface area contributed by atoms with E-state index in [0.29, 0.717) is 39.0 Å². The fourth-order valence-electron chi connectivity index (χ4n) is 3.95. The number of benzene rings is 2. The molecule has 6 nitrogen and oxygen atoms in total. The van der Waals surface area contributed by atoms with E-state index in [0.717, 1.165) is 10.6 Å². The summed E-state index contributed by atoms with van der Waals surface area (Å²) in [5, 5.41) is 1.25. The number of ether oxygens (including phenoxy) is 1. The minimum atomic E-state index is -0.718. The minimum absolute atomic E-state index is 0.0164. The monoisotopic (exact) mass is 478 g/mol. The number of nitrogens with zero attached hydrogens (tertiary/aromatic N) is 2. The van der Waals surface area contributed by atoms with Crippen molar-refractivity contribution in [2.75, 3.05) is 11.5 Å². The number of hydrogen-bond donors (Lipinski definition) is 0. The molecule has 2 aromatic carbocycles. The van der Waals surface area contributed by atoms with Gasteiger partial charge in [-0.2, -0.15) is 0 Å². The number of aryl methyl sites for hydroxylation is 2. The quantitative estimate of drug-likeness (QED) is 0.337. The molecule has 0 unspecified atom stereocenters. The van der Waals surface area contributed by atoms with Gasteiger partial charge in [0, 0.05) is 9.90 Å². The SMILES string of the molecule is C=CCOc1cccc([C@@H]2c3c(oc4ccc(Cl)cc4c3=O)C(=O)N2c2nc(C)c(C)s2)c1. The lowest BCUT2D eigenvalue weighted by molar-refractivity contribution is 0.0971. The summed E-state index contributed by atoms with van der Waals surface area (Å²) in [6.45, 7) is 7.85. The zero-order valence-electron chi connectivity index (χ0n) is 17.9. The Morgan fingerprint density at radius 2 is 2.06 bits per heavy atom. The lowest BCUT2D eigenvalue weighted by atomic mass is 9.98. The second kappa shape index (κ2) is 8.17. The van der Waals surface area contributed by atoms with Crippen LogP contribution in [0.1, 0.15) is 38.3 Å². The van der Waals surface area contributed by atoms with Crippen molar-refractivity contribution in [3.63, 3.8) is 0 Å². The van der Waals surface area contributed by atoms with Crippen molar-refractivity contribution in [3.05, 3.63) is 97.8 Å². The van der Waals surface area contributed by atoms with Gasteiger partial charge in [0.15, 0.2) is 10.6 Å². The van der Waals surface area contributed by atoms with E-state index < -0.39 is 11.9 Å². The molecule has 4 aromatic rings. The zero-order chi connectivity index (χ0) is 23.3. The third-order valence-electron chi connectivity index (χ3n) is 5.60. The van der Waals surface area contributed by atoms with Crippen LogP contribution in [-0.4, -0.2) is 17.5 Å². The van der Waals surface area contributed by atoms with E-state index in [9.17, 15) is 9.59 Å². The number of carbonyl (C=O) groups excluding carboxylic acids is 1. The van der Waals surface area contributed by atoms with E-state index in [1.807, 2.05) is 38.1 Å². The summed E-state index contributed by atoms with van der Waals surface area (Å²) in [6.07, 6.45) is 1.65. The third kappa shape index (κ3) is 3.53. The van der Waals surface area contributed by atoms with Gasteiger partial charge in [-0.3, -0.25) is 14.5 Å². The average Bonchev–Trinajstić information content (AvgIpc) is 3.29. The lowest BCUT2D eigenvalue weighted by Crippen LogP contribution is -2.29. The second-order valence-electron chi connectivity index (χ2n) is 7.70. The number of anilines is 1. The van der Waals surface area contributed by atoms with E-state index in [1.54, 1.807) is 24.3 Å². The van der Waals surface area contributed by atoms with Crippen molar-refractivity contribution < 1.29 is 13.9 Å². The number of rotatable bonds is 5. The molecule has 1 aliphatic rings. The van der Waals surface area contributed by atoms with Crippen molar-refractivity contribution in [2.45, 2.75) is 19.9 Å². The fourth-order valence-corrected chi connectivity index (χ4v) is 5.05. The van der Waals surface area contributed by atoms with Crippen LogP contribution in [0.4, 0.5) is 5.13 Å². The Morgan fingerprint density at radius 3 is 2.79 bits per heavy atom. The Bertz CT molecular complexity index is 1470. The van der Waals surface area contributed by atoms with E-state index in [-0.39, 0.29) is 16.8 Å². The molecule has 0 saturated heterocycles. The molecule has 0 radical (unpaired) electrons. The van der Waals surface area contributed by atoms with Crippen LogP contribution >= 0.6 is 22.9 Å². The van der Waals surface area contributed by atoms with Crippen LogP contribution in [-0.2, 0) is 0 Å². The standard InChI is InChI=1S/C25H19ClN2O4S/c1-4-10-31-17-7-5-6-15(11-17)21-20-22(29)18-12-16(26)8-9-19(18)32-23(20)24(30)28(21)25-27-13(2)14(3)33-25/h4-9,11-12,21H,1,10H2,2-3H3/t21-/m1/s1. The van der Waals surface area contributed by atoms with Crippen LogP contribution in [0.25, 0.3) is 11.0 Å². The predicted octanol–water partition coefficient (Wildman–Crippen LogP) is 5.83. The Balaban J connectivity index is 1.77. The van der Waals surface area contributed by atoms with Crippen molar-refractivity contribution >= 4 is 44.9 Å². The highest BCUT2D eigenvalue weighted by Crippen LogP contribution is 2.43. The molecule has 0 aliphatic carbocycles. The summed E-state index contributed by atoms with van der Waals surface area (Å²) in [5.74, 6) is 0.214. The van der Waals surface area contributed by atoms with Crippen LogP contribution in [0.2, 0.25) is 5.02 Å². The lowest BCUT2D eigenvalue weighted by Gasteiger charge is -2.23. The van der Waals surface area contributed by atoms with Crippen LogP contribution < -0.4 is 15.1 Å². The van der Waals surface area contributed by atoms with Gasteiger partial charge in [0.25, 0.3) is 5.91 Å². The van der Waals surface area contributed by atoms with Crippen molar-refractivity contribution in [1.82, 2.24) is 4.98 Å². The maximum absolute atomic E-state index is 13.6. The normalized spacial score (nSPS) is 15.2. The molecule has 2 aromatic heterocycles. The fraction of sp³-hybridized carbons (Fsp3) is 0.160. The molecule has 5 rings (SSSR count). The molecule has 0 fully saturated rings. The van der Waals surface area contributed by atoms with Gasteiger partial charge in [-0.1, -0.05) is 36.4 Å². The van der Waals surface area contributed by atoms with Gasteiger partial charge in [-0.25, -0.2) is 4.98 Å². The van der Waals surface area contributed by atoms with E-state index in [4.69, 9.17) is 20.8 Å². The van der Waals surface area contributed by atoms with E-state index >= 15 is 0 Å². The number of carbonyl (C=O) groups is 1. The zero-order valence-corrected chi connectivity index (χ0v) is 19.5. The molecule has 0 N–H and O–H groups in total. The van der Waals surface area contributed by atoms with Crippen molar-refractivity contribution in [2.24, 2.45) is 0 Å². The first-order valence-corrected chi connectivity index (χ1v) is 11.5. The number of amides is 1. The van der Waals surface area contributed by atoms with Crippen LogP contribution in [0.15, 0.2) is 64.3 Å². The summed E-state index contributed by atoms with van der Waals surface area (Å²) in [7, 11) is 0. The van der Waals surface area contributed by atoms with Crippen molar-refractivity contribution in [1.29, 1.82) is 0 Å². The molecule has 8 heteroatoms. The molecule has 1 aliphatic heterocycles. The molecule has 33 heavy (non-hydrogen) atoms. The number of aromatic nitrogens is 1. The van der Waals surface area contributed by atoms with Crippen molar-refractivity contribution in [3.8, 4) is 5.75 Å². The molecule has 1 atom stereocenters. The van der Waals surface area contributed by atoms with E-state index in [1.165, 1.54) is 16.2 Å². The van der Waals surface area contributed by atoms with Gasteiger partial charge < -0.3 is 9.15 Å². The molecule has 3 heterocycles. The largest absolute Gasteiger partial charge is 0.490 e. The third-order valence-corrected chi connectivity index (χ3v) is 6.90. The highest BCUT2D eigenvalue weighted by molar-refractivity contribution is 7.15. The number of thiazole rings is 1. The molecular formula is C25H19ClN2O4S. The van der Waals surface area contributed by atoms with Crippen LogP contribution in [0.5, 0.6) is 5.75 Å².